The molecule has 0 bridgehead atoms. The lowest BCUT2D eigenvalue weighted by molar-refractivity contribution is -0.117. The molecule has 2 aromatic carbocycles. The van der Waals surface area contributed by atoms with Crippen molar-refractivity contribution in [3.63, 3.8) is 0 Å². The molecule has 1 N–H and O–H groups in total. The number of anilines is 2. The second-order valence-corrected chi connectivity index (χ2v) is 9.28. The van der Waals surface area contributed by atoms with Gasteiger partial charge in [0.25, 0.3) is 0 Å². The third-order valence-electron chi connectivity index (χ3n) is 4.67. The summed E-state index contributed by atoms with van der Waals surface area (Å²) in [5.41, 5.74) is 2.02. The zero-order valence-electron chi connectivity index (χ0n) is 15.1. The number of benzene rings is 2. The van der Waals surface area contributed by atoms with Crippen molar-refractivity contribution in [2.75, 3.05) is 21.9 Å². The molecule has 0 radical (unpaired) electrons. The van der Waals surface area contributed by atoms with Gasteiger partial charge in [-0.15, -0.1) is 0 Å². The van der Waals surface area contributed by atoms with E-state index in [1.165, 1.54) is 4.31 Å². The van der Waals surface area contributed by atoms with E-state index in [9.17, 15) is 13.2 Å². The van der Waals surface area contributed by atoms with Crippen molar-refractivity contribution in [3.05, 3.63) is 60.2 Å². The van der Waals surface area contributed by atoms with Gasteiger partial charge in [0.15, 0.2) is 0 Å². The summed E-state index contributed by atoms with van der Waals surface area (Å²) in [6, 6.07) is 16.9. The number of carbonyl (C=O) groups excluding carboxylic acids is 1. The Labute approximate surface area is 155 Å². The fourth-order valence-electron chi connectivity index (χ4n) is 3.27. The van der Waals surface area contributed by atoms with E-state index in [-0.39, 0.29) is 17.1 Å². The van der Waals surface area contributed by atoms with Crippen LogP contribution in [-0.2, 0) is 20.2 Å². The molecule has 0 aromatic heterocycles. The molecule has 2 aromatic rings. The van der Waals surface area contributed by atoms with Crippen LogP contribution in [-0.4, -0.2) is 26.6 Å². The van der Waals surface area contributed by atoms with E-state index in [0.717, 1.165) is 5.56 Å². The van der Waals surface area contributed by atoms with Gasteiger partial charge in [-0.05, 0) is 35.6 Å². The maximum Gasteiger partial charge on any atom is 0.235 e. The van der Waals surface area contributed by atoms with Crippen LogP contribution in [0.1, 0.15) is 32.3 Å². The third kappa shape index (κ3) is 4.07. The minimum Gasteiger partial charge on any atom is -0.326 e. The Morgan fingerprint density at radius 3 is 2.50 bits per heavy atom. The van der Waals surface area contributed by atoms with E-state index >= 15 is 0 Å². The van der Waals surface area contributed by atoms with Crippen LogP contribution in [0.5, 0.6) is 0 Å². The summed E-state index contributed by atoms with van der Waals surface area (Å²) in [5.74, 6) is 0.0785. The minimum absolute atomic E-state index is 0.0970. The van der Waals surface area contributed by atoms with Gasteiger partial charge in [-0.2, -0.15) is 0 Å². The van der Waals surface area contributed by atoms with Gasteiger partial charge in [0.05, 0.1) is 11.4 Å². The van der Waals surface area contributed by atoms with Gasteiger partial charge < -0.3 is 5.32 Å². The van der Waals surface area contributed by atoms with Crippen molar-refractivity contribution in [3.8, 4) is 0 Å². The van der Waals surface area contributed by atoms with Gasteiger partial charge in [0.2, 0.25) is 15.9 Å². The lowest BCUT2D eigenvalue weighted by Gasteiger charge is -2.24. The Morgan fingerprint density at radius 2 is 1.85 bits per heavy atom. The average molecular weight is 372 g/mol. The monoisotopic (exact) mass is 372 g/mol. The third-order valence-corrected chi connectivity index (χ3v) is 6.54. The van der Waals surface area contributed by atoms with E-state index in [1.807, 2.05) is 44.2 Å². The Kier molecular flexibility index (Phi) is 5.05. The van der Waals surface area contributed by atoms with Gasteiger partial charge in [-0.1, -0.05) is 50.2 Å². The largest absolute Gasteiger partial charge is 0.326 e. The molecule has 0 atom stereocenters. The second kappa shape index (κ2) is 7.11. The summed E-state index contributed by atoms with van der Waals surface area (Å²) in [4.78, 5) is 12.5. The zero-order valence-corrected chi connectivity index (χ0v) is 15.9. The van der Waals surface area contributed by atoms with Crippen molar-refractivity contribution < 1.29 is 13.2 Å². The van der Waals surface area contributed by atoms with Crippen LogP contribution in [0.2, 0.25) is 0 Å². The summed E-state index contributed by atoms with van der Waals surface area (Å²) in [6.45, 7) is 4.56. The summed E-state index contributed by atoms with van der Waals surface area (Å²) in [6.07, 6.45) is 0.966. The molecule has 0 saturated carbocycles. The topological polar surface area (TPSA) is 66.5 Å². The van der Waals surface area contributed by atoms with Gasteiger partial charge in [-0.25, -0.2) is 8.42 Å². The number of nitrogens with zero attached hydrogens (tertiary/aromatic N) is 1. The Balaban J connectivity index is 1.71. The van der Waals surface area contributed by atoms with Crippen LogP contribution >= 0.6 is 0 Å². The first-order chi connectivity index (χ1) is 12.3. The minimum atomic E-state index is -3.23. The first-order valence-electron chi connectivity index (χ1n) is 8.74. The number of hydrogen-bond donors (Lipinski definition) is 1. The SMILES string of the molecule is CC(C)(CC(=O)Nc1cccc(N2CCCS2(=O)=O)c1)c1ccccc1. The number of rotatable bonds is 5. The first-order valence-corrected chi connectivity index (χ1v) is 10.3. The van der Waals surface area contributed by atoms with Gasteiger partial charge in [0.1, 0.15) is 0 Å². The highest BCUT2D eigenvalue weighted by molar-refractivity contribution is 7.93. The maximum atomic E-state index is 12.5. The fraction of sp³-hybridized carbons (Fsp3) is 0.350. The molecule has 1 fully saturated rings. The summed E-state index contributed by atoms with van der Waals surface area (Å²) >= 11 is 0. The Hall–Kier alpha value is -2.34. The number of sulfonamides is 1. The lowest BCUT2D eigenvalue weighted by atomic mass is 9.81. The van der Waals surface area contributed by atoms with E-state index in [0.29, 0.717) is 30.8 Å². The first kappa shape index (κ1) is 18.5. The van der Waals surface area contributed by atoms with Crippen LogP contribution < -0.4 is 9.62 Å². The van der Waals surface area contributed by atoms with Gasteiger partial charge in [-0.3, -0.25) is 9.10 Å². The van der Waals surface area contributed by atoms with Crippen LogP contribution in [0.15, 0.2) is 54.6 Å². The van der Waals surface area contributed by atoms with Crippen LogP contribution in [0.3, 0.4) is 0 Å². The molecule has 1 aliphatic rings. The lowest BCUT2D eigenvalue weighted by Crippen LogP contribution is -2.26. The van der Waals surface area contributed by atoms with E-state index in [4.69, 9.17) is 0 Å². The molecule has 1 amide bonds. The van der Waals surface area contributed by atoms with Crippen LogP contribution in [0, 0.1) is 0 Å². The highest BCUT2D eigenvalue weighted by Gasteiger charge is 2.29. The smallest absolute Gasteiger partial charge is 0.235 e. The van der Waals surface area contributed by atoms with E-state index < -0.39 is 10.0 Å². The van der Waals surface area contributed by atoms with Crippen molar-refractivity contribution >= 4 is 27.3 Å². The molecule has 1 saturated heterocycles. The second-order valence-electron chi connectivity index (χ2n) is 7.27. The van der Waals surface area contributed by atoms with E-state index in [2.05, 4.69) is 5.32 Å². The van der Waals surface area contributed by atoms with E-state index in [1.54, 1.807) is 24.3 Å². The van der Waals surface area contributed by atoms with Crippen molar-refractivity contribution in [1.82, 2.24) is 0 Å². The van der Waals surface area contributed by atoms with Crippen LogP contribution in [0.4, 0.5) is 11.4 Å². The molecule has 138 valence electrons. The molecule has 0 unspecified atom stereocenters. The van der Waals surface area contributed by atoms with Crippen molar-refractivity contribution in [1.29, 1.82) is 0 Å². The molecule has 1 aliphatic heterocycles. The number of amides is 1. The van der Waals surface area contributed by atoms with Crippen molar-refractivity contribution in [2.24, 2.45) is 0 Å². The van der Waals surface area contributed by atoms with Crippen molar-refractivity contribution in [2.45, 2.75) is 32.1 Å². The maximum absolute atomic E-state index is 12.5. The highest BCUT2D eigenvalue weighted by Crippen LogP contribution is 2.29. The summed E-state index contributed by atoms with van der Waals surface area (Å²) in [7, 11) is -3.23. The standard InChI is InChI=1S/C20H24N2O3S/c1-20(2,16-8-4-3-5-9-16)15-19(23)21-17-10-6-11-18(14-17)22-12-7-13-26(22,24)25/h3-6,8-11,14H,7,12-13,15H2,1-2H3,(H,21,23). The number of hydrogen-bond acceptors (Lipinski definition) is 3. The molecule has 3 rings (SSSR count). The van der Waals surface area contributed by atoms with Gasteiger partial charge >= 0.3 is 0 Å². The normalized spacial score (nSPS) is 16.5. The Bertz CT molecular complexity index is 892. The van der Waals surface area contributed by atoms with Gasteiger partial charge in [0, 0.05) is 18.7 Å². The average Bonchev–Trinajstić information content (AvgIpc) is 2.94. The Morgan fingerprint density at radius 1 is 1.12 bits per heavy atom. The fourth-order valence-corrected chi connectivity index (χ4v) is 4.82. The predicted octanol–water partition coefficient (Wildman–Crippen LogP) is 3.53. The predicted molar refractivity (Wildman–Crippen MR) is 105 cm³/mol. The summed E-state index contributed by atoms with van der Waals surface area (Å²) < 4.78 is 25.6. The molecule has 0 aliphatic carbocycles. The summed E-state index contributed by atoms with van der Waals surface area (Å²) in [5, 5.41) is 2.90. The zero-order chi connectivity index (χ0) is 18.8. The molecular formula is C20H24N2O3S. The number of nitrogens with one attached hydrogen (secondary N) is 1. The number of carbonyl (C=O) groups is 1. The molecule has 5 nitrogen and oxygen atoms in total. The quantitative estimate of drug-likeness (QED) is 0.873. The molecular weight excluding hydrogens is 348 g/mol. The molecule has 6 heteroatoms. The molecule has 0 spiro atoms. The molecule has 26 heavy (non-hydrogen) atoms. The highest BCUT2D eigenvalue weighted by atomic mass is 32.2. The molecule has 1 heterocycles. The van der Waals surface area contributed by atoms with Crippen LogP contribution in [0.25, 0.3) is 0 Å².